The van der Waals surface area contributed by atoms with Crippen LogP contribution in [0.4, 0.5) is 0 Å². The fraction of sp³-hybridized carbons (Fsp3) is 0.182. The largest absolute Gasteiger partial charge is 0.489 e. The van der Waals surface area contributed by atoms with Gasteiger partial charge < -0.3 is 10.1 Å². The fourth-order valence-electron chi connectivity index (χ4n) is 2.80. The van der Waals surface area contributed by atoms with Crippen molar-refractivity contribution in [2.75, 3.05) is 0 Å². The SMILES string of the molecule is Cc1ccc(COc2ccc3ccccc3c2CNC(=O)CC#N)cc1. The van der Waals surface area contributed by atoms with E-state index >= 15 is 0 Å². The van der Waals surface area contributed by atoms with Crippen molar-refractivity contribution < 1.29 is 9.53 Å². The third kappa shape index (κ3) is 4.20. The lowest BCUT2D eigenvalue weighted by Crippen LogP contribution is -2.22. The Morgan fingerprint density at radius 2 is 1.85 bits per heavy atom. The average Bonchev–Trinajstić information content (AvgIpc) is 2.66. The van der Waals surface area contributed by atoms with E-state index in [0.29, 0.717) is 13.2 Å². The van der Waals surface area contributed by atoms with Crippen LogP contribution in [-0.4, -0.2) is 5.91 Å². The van der Waals surface area contributed by atoms with Crippen molar-refractivity contribution in [2.24, 2.45) is 0 Å². The number of benzene rings is 3. The van der Waals surface area contributed by atoms with Gasteiger partial charge in [-0.1, -0.05) is 60.2 Å². The van der Waals surface area contributed by atoms with Crippen LogP contribution in [0.2, 0.25) is 0 Å². The normalized spacial score (nSPS) is 10.3. The summed E-state index contributed by atoms with van der Waals surface area (Å²) >= 11 is 0. The van der Waals surface area contributed by atoms with Gasteiger partial charge in [-0.15, -0.1) is 0 Å². The molecule has 1 amide bonds. The van der Waals surface area contributed by atoms with Crippen LogP contribution in [0.3, 0.4) is 0 Å². The van der Waals surface area contributed by atoms with Crippen molar-refractivity contribution >= 4 is 16.7 Å². The van der Waals surface area contributed by atoms with E-state index in [-0.39, 0.29) is 12.3 Å². The Morgan fingerprint density at radius 1 is 1.08 bits per heavy atom. The summed E-state index contributed by atoms with van der Waals surface area (Å²) in [6, 6.07) is 22.0. The summed E-state index contributed by atoms with van der Waals surface area (Å²) < 4.78 is 6.05. The average molecular weight is 344 g/mol. The first kappa shape index (κ1) is 17.5. The van der Waals surface area contributed by atoms with Crippen LogP contribution in [0.25, 0.3) is 10.8 Å². The first-order valence-electron chi connectivity index (χ1n) is 8.50. The van der Waals surface area contributed by atoms with Crippen molar-refractivity contribution in [1.29, 1.82) is 5.26 Å². The zero-order chi connectivity index (χ0) is 18.4. The van der Waals surface area contributed by atoms with Crippen LogP contribution in [-0.2, 0) is 17.9 Å². The number of amides is 1. The molecule has 0 aliphatic heterocycles. The number of nitrogens with zero attached hydrogens (tertiary/aromatic N) is 1. The van der Waals surface area contributed by atoms with E-state index in [0.717, 1.165) is 27.6 Å². The van der Waals surface area contributed by atoms with Crippen LogP contribution in [0, 0.1) is 18.3 Å². The maximum absolute atomic E-state index is 11.7. The zero-order valence-corrected chi connectivity index (χ0v) is 14.7. The molecule has 0 fully saturated rings. The molecule has 0 saturated carbocycles. The molecule has 0 saturated heterocycles. The molecule has 0 aromatic heterocycles. The Balaban J connectivity index is 1.85. The number of fused-ring (bicyclic) bond motifs is 1. The Kier molecular flexibility index (Phi) is 5.50. The van der Waals surface area contributed by atoms with Gasteiger partial charge in [0.2, 0.25) is 5.91 Å². The number of aryl methyl sites for hydroxylation is 1. The molecule has 0 aliphatic carbocycles. The second-order valence-corrected chi connectivity index (χ2v) is 6.15. The molecule has 3 aromatic rings. The molecule has 0 radical (unpaired) electrons. The van der Waals surface area contributed by atoms with E-state index in [4.69, 9.17) is 10.00 Å². The van der Waals surface area contributed by atoms with E-state index in [9.17, 15) is 4.79 Å². The molecular formula is C22H20N2O2. The summed E-state index contributed by atoms with van der Waals surface area (Å²) in [5.41, 5.74) is 3.21. The summed E-state index contributed by atoms with van der Waals surface area (Å²) in [4.78, 5) is 11.7. The summed E-state index contributed by atoms with van der Waals surface area (Å²) in [7, 11) is 0. The monoisotopic (exact) mass is 344 g/mol. The standard InChI is InChI=1S/C22H20N2O2/c1-16-6-8-17(9-7-16)15-26-21-11-10-18-4-2-3-5-19(18)20(21)14-24-22(25)12-13-23/h2-11H,12,14-15H2,1H3,(H,24,25). The zero-order valence-electron chi connectivity index (χ0n) is 14.7. The number of carbonyl (C=O) groups excluding carboxylic acids is 1. The van der Waals surface area contributed by atoms with Gasteiger partial charge in [-0.3, -0.25) is 4.79 Å². The van der Waals surface area contributed by atoms with Crippen LogP contribution in [0.5, 0.6) is 5.75 Å². The highest BCUT2D eigenvalue weighted by molar-refractivity contribution is 5.88. The van der Waals surface area contributed by atoms with E-state index in [2.05, 4.69) is 24.4 Å². The molecule has 4 heteroatoms. The lowest BCUT2D eigenvalue weighted by molar-refractivity contribution is -0.120. The maximum atomic E-state index is 11.7. The molecule has 0 aliphatic rings. The molecular weight excluding hydrogens is 324 g/mol. The van der Waals surface area contributed by atoms with Crippen molar-refractivity contribution in [3.8, 4) is 11.8 Å². The Bertz CT molecular complexity index is 956. The van der Waals surface area contributed by atoms with E-state index < -0.39 is 0 Å². The predicted octanol–water partition coefficient (Wildman–Crippen LogP) is 4.26. The number of carbonyl (C=O) groups is 1. The third-order valence-corrected chi connectivity index (χ3v) is 4.21. The van der Waals surface area contributed by atoms with Gasteiger partial charge in [0.25, 0.3) is 0 Å². The minimum atomic E-state index is -0.287. The van der Waals surface area contributed by atoms with Crippen LogP contribution < -0.4 is 10.1 Å². The molecule has 130 valence electrons. The number of nitriles is 1. The highest BCUT2D eigenvalue weighted by atomic mass is 16.5. The van der Waals surface area contributed by atoms with Gasteiger partial charge in [0.05, 0.1) is 6.07 Å². The van der Waals surface area contributed by atoms with Crippen molar-refractivity contribution in [2.45, 2.75) is 26.5 Å². The topological polar surface area (TPSA) is 62.1 Å². The number of hydrogen-bond acceptors (Lipinski definition) is 3. The number of ether oxygens (including phenoxy) is 1. The van der Waals surface area contributed by atoms with E-state index in [1.54, 1.807) is 0 Å². The number of hydrogen-bond donors (Lipinski definition) is 1. The predicted molar refractivity (Wildman–Crippen MR) is 102 cm³/mol. The minimum Gasteiger partial charge on any atom is -0.489 e. The number of nitrogens with one attached hydrogen (secondary N) is 1. The highest BCUT2D eigenvalue weighted by Gasteiger charge is 2.11. The van der Waals surface area contributed by atoms with Gasteiger partial charge in [-0.2, -0.15) is 5.26 Å². The lowest BCUT2D eigenvalue weighted by atomic mass is 10.0. The first-order chi connectivity index (χ1) is 12.7. The second-order valence-electron chi connectivity index (χ2n) is 6.15. The van der Waals surface area contributed by atoms with Crippen LogP contribution in [0.1, 0.15) is 23.1 Å². The third-order valence-electron chi connectivity index (χ3n) is 4.21. The van der Waals surface area contributed by atoms with Gasteiger partial charge >= 0.3 is 0 Å². The fourth-order valence-corrected chi connectivity index (χ4v) is 2.80. The number of rotatable bonds is 6. The van der Waals surface area contributed by atoms with Crippen molar-refractivity contribution in [3.05, 3.63) is 77.4 Å². The molecule has 26 heavy (non-hydrogen) atoms. The quantitative estimate of drug-likeness (QED) is 0.727. The molecule has 0 unspecified atom stereocenters. The lowest BCUT2D eigenvalue weighted by Gasteiger charge is -2.15. The smallest absolute Gasteiger partial charge is 0.234 e. The molecule has 4 nitrogen and oxygen atoms in total. The molecule has 0 atom stereocenters. The van der Waals surface area contributed by atoms with Gasteiger partial charge in [0, 0.05) is 12.1 Å². The second kappa shape index (κ2) is 8.17. The Labute approximate surface area is 153 Å². The molecule has 1 N–H and O–H groups in total. The van der Waals surface area contributed by atoms with Crippen molar-refractivity contribution in [3.63, 3.8) is 0 Å². The maximum Gasteiger partial charge on any atom is 0.234 e. The van der Waals surface area contributed by atoms with Gasteiger partial charge in [0.1, 0.15) is 18.8 Å². The Morgan fingerprint density at radius 3 is 2.62 bits per heavy atom. The van der Waals surface area contributed by atoms with Gasteiger partial charge in [-0.05, 0) is 29.3 Å². The van der Waals surface area contributed by atoms with Crippen molar-refractivity contribution in [1.82, 2.24) is 5.32 Å². The van der Waals surface area contributed by atoms with Crippen LogP contribution in [0.15, 0.2) is 60.7 Å². The molecule has 3 aromatic carbocycles. The van der Waals surface area contributed by atoms with Crippen LogP contribution >= 0.6 is 0 Å². The summed E-state index contributed by atoms with van der Waals surface area (Å²) in [6.07, 6.45) is -0.148. The van der Waals surface area contributed by atoms with Gasteiger partial charge in [-0.25, -0.2) is 0 Å². The molecule has 0 spiro atoms. The first-order valence-corrected chi connectivity index (χ1v) is 8.50. The molecule has 0 bridgehead atoms. The van der Waals surface area contributed by atoms with E-state index in [1.165, 1.54) is 5.56 Å². The molecule has 3 rings (SSSR count). The van der Waals surface area contributed by atoms with Gasteiger partial charge in [0.15, 0.2) is 0 Å². The summed E-state index contributed by atoms with van der Waals surface area (Å²) in [5.74, 6) is 0.450. The molecule has 0 heterocycles. The van der Waals surface area contributed by atoms with E-state index in [1.807, 2.05) is 54.6 Å². The minimum absolute atomic E-state index is 0.148. The summed E-state index contributed by atoms with van der Waals surface area (Å²) in [6.45, 7) is 2.83. The summed E-state index contributed by atoms with van der Waals surface area (Å²) in [5, 5.41) is 13.6. The highest BCUT2D eigenvalue weighted by Crippen LogP contribution is 2.28. The Hall–Kier alpha value is -3.32.